The van der Waals surface area contributed by atoms with E-state index in [1.54, 1.807) is 6.26 Å². The molecule has 0 bridgehead atoms. The highest BCUT2D eigenvalue weighted by atomic mass is 32.1. The van der Waals surface area contributed by atoms with Gasteiger partial charge in [0.25, 0.3) is 0 Å². The van der Waals surface area contributed by atoms with E-state index >= 15 is 0 Å². The molecule has 0 saturated heterocycles. The first kappa shape index (κ1) is 11.0. The molecule has 1 N–H and O–H groups in total. The maximum absolute atomic E-state index is 5.47. The van der Waals surface area contributed by atoms with Crippen molar-refractivity contribution in [2.75, 3.05) is 6.54 Å². The molecule has 3 rings (SSSR count). The molecular weight excluding hydrogens is 232 g/mol. The molecular formula is C13H16N2OS. The summed E-state index contributed by atoms with van der Waals surface area (Å²) in [6.45, 7) is 4.12. The summed E-state index contributed by atoms with van der Waals surface area (Å²) in [4.78, 5) is 6.14. The largest absolute Gasteiger partial charge is 0.469 e. The van der Waals surface area contributed by atoms with Crippen molar-refractivity contribution >= 4 is 11.3 Å². The quantitative estimate of drug-likeness (QED) is 0.845. The van der Waals surface area contributed by atoms with Gasteiger partial charge >= 0.3 is 0 Å². The Morgan fingerprint density at radius 3 is 3.29 bits per heavy atom. The van der Waals surface area contributed by atoms with E-state index in [1.807, 2.05) is 17.4 Å². The zero-order chi connectivity index (χ0) is 11.7. The van der Waals surface area contributed by atoms with E-state index in [4.69, 9.17) is 9.40 Å². The molecule has 1 aliphatic carbocycles. The fourth-order valence-corrected chi connectivity index (χ4v) is 3.25. The molecule has 0 fully saturated rings. The third kappa shape index (κ3) is 2.03. The van der Waals surface area contributed by atoms with E-state index in [9.17, 15) is 0 Å². The average Bonchev–Trinajstić information content (AvgIpc) is 2.93. The van der Waals surface area contributed by atoms with E-state index in [0.717, 1.165) is 43.8 Å². The lowest BCUT2D eigenvalue weighted by molar-refractivity contribution is 0.508. The summed E-state index contributed by atoms with van der Waals surface area (Å²) in [5, 5.41) is 4.59. The van der Waals surface area contributed by atoms with Crippen LogP contribution in [-0.4, -0.2) is 11.5 Å². The number of nitrogens with one attached hydrogen (secondary N) is 1. The Hall–Kier alpha value is -1.13. The predicted molar refractivity (Wildman–Crippen MR) is 69.2 cm³/mol. The molecule has 0 amide bonds. The third-order valence-electron chi connectivity index (χ3n) is 3.02. The second kappa shape index (κ2) is 4.63. The van der Waals surface area contributed by atoms with Gasteiger partial charge in [-0.15, -0.1) is 11.3 Å². The van der Waals surface area contributed by atoms with E-state index in [-0.39, 0.29) is 0 Å². The molecule has 0 radical (unpaired) electrons. The number of rotatable bonds is 4. The first-order chi connectivity index (χ1) is 8.38. The van der Waals surface area contributed by atoms with Gasteiger partial charge in [-0.3, -0.25) is 0 Å². The van der Waals surface area contributed by atoms with Crippen LogP contribution in [0.5, 0.6) is 0 Å². The number of furan rings is 1. The Kier molecular flexibility index (Phi) is 2.99. The Balaban J connectivity index is 1.84. The minimum atomic E-state index is 0.888. The monoisotopic (exact) mass is 248 g/mol. The van der Waals surface area contributed by atoms with E-state index in [0.29, 0.717) is 0 Å². The smallest absolute Gasteiger partial charge is 0.113 e. The van der Waals surface area contributed by atoms with Crippen LogP contribution in [-0.2, 0) is 19.4 Å². The van der Waals surface area contributed by atoms with Crippen molar-refractivity contribution in [2.45, 2.75) is 32.7 Å². The molecule has 0 saturated carbocycles. The summed E-state index contributed by atoms with van der Waals surface area (Å²) in [6.07, 6.45) is 5.02. The second-order valence-corrected chi connectivity index (χ2v) is 5.48. The van der Waals surface area contributed by atoms with Crippen molar-refractivity contribution in [3.8, 4) is 11.3 Å². The van der Waals surface area contributed by atoms with Crippen molar-refractivity contribution < 1.29 is 4.42 Å². The minimum Gasteiger partial charge on any atom is -0.469 e. The fraction of sp³-hybridized carbons (Fsp3) is 0.462. The highest BCUT2D eigenvalue weighted by molar-refractivity contribution is 7.12. The molecule has 0 unspecified atom stereocenters. The molecule has 2 aromatic rings. The summed E-state index contributed by atoms with van der Waals surface area (Å²) >= 11 is 1.84. The number of fused-ring (bicyclic) bond motifs is 3. The standard InChI is InChI=1S/C13H16N2OS/c1-2-6-14-8-12-15-13-9-5-7-16-10(9)3-4-11(13)17-12/h5,7,14H,2-4,6,8H2,1H3. The molecule has 2 heterocycles. The Labute approximate surface area is 105 Å². The SMILES string of the molecule is CCCNCc1nc2c(s1)CCc1occc1-2. The Morgan fingerprint density at radius 1 is 1.47 bits per heavy atom. The average molecular weight is 248 g/mol. The number of hydrogen-bond acceptors (Lipinski definition) is 4. The van der Waals surface area contributed by atoms with Gasteiger partial charge in [0.2, 0.25) is 0 Å². The fourth-order valence-electron chi connectivity index (χ4n) is 2.20. The minimum absolute atomic E-state index is 0.888. The van der Waals surface area contributed by atoms with Crippen molar-refractivity contribution in [2.24, 2.45) is 0 Å². The van der Waals surface area contributed by atoms with E-state index < -0.39 is 0 Å². The van der Waals surface area contributed by atoms with Crippen LogP contribution in [0.3, 0.4) is 0 Å². The number of hydrogen-bond donors (Lipinski definition) is 1. The zero-order valence-corrected chi connectivity index (χ0v) is 10.8. The van der Waals surface area contributed by atoms with Gasteiger partial charge in [0.15, 0.2) is 0 Å². The molecule has 4 heteroatoms. The van der Waals surface area contributed by atoms with Gasteiger partial charge in [-0.25, -0.2) is 4.98 Å². The van der Waals surface area contributed by atoms with Gasteiger partial charge in [0, 0.05) is 23.4 Å². The van der Waals surface area contributed by atoms with E-state index in [2.05, 4.69) is 12.2 Å². The zero-order valence-electron chi connectivity index (χ0n) is 9.95. The molecule has 1 aliphatic rings. The lowest BCUT2D eigenvalue weighted by Crippen LogP contribution is -2.13. The van der Waals surface area contributed by atoms with Crippen LogP contribution in [0, 0.1) is 0 Å². The topological polar surface area (TPSA) is 38.1 Å². The highest BCUT2D eigenvalue weighted by Gasteiger charge is 2.22. The van der Waals surface area contributed by atoms with Crippen LogP contribution in [0.25, 0.3) is 11.3 Å². The molecule has 0 atom stereocenters. The molecule has 3 nitrogen and oxygen atoms in total. The van der Waals surface area contributed by atoms with Gasteiger partial charge < -0.3 is 9.73 Å². The summed E-state index contributed by atoms with van der Waals surface area (Å²) in [5.74, 6) is 1.09. The lowest BCUT2D eigenvalue weighted by atomic mass is 10.0. The van der Waals surface area contributed by atoms with Crippen LogP contribution in [0.2, 0.25) is 0 Å². The van der Waals surface area contributed by atoms with Crippen molar-refractivity contribution in [1.29, 1.82) is 0 Å². The number of thiazole rings is 1. The van der Waals surface area contributed by atoms with Crippen molar-refractivity contribution in [3.05, 3.63) is 28.0 Å². The van der Waals surface area contributed by atoms with Crippen LogP contribution >= 0.6 is 11.3 Å². The maximum Gasteiger partial charge on any atom is 0.113 e. The number of nitrogens with zero attached hydrogens (tertiary/aromatic N) is 1. The summed E-state index contributed by atoms with van der Waals surface area (Å²) < 4.78 is 5.47. The first-order valence-corrected chi connectivity index (χ1v) is 6.96. The van der Waals surface area contributed by atoms with E-state index in [1.165, 1.54) is 15.4 Å². The molecule has 90 valence electrons. The lowest BCUT2D eigenvalue weighted by Gasteiger charge is -2.07. The summed E-state index contributed by atoms with van der Waals surface area (Å²) in [7, 11) is 0. The summed E-state index contributed by atoms with van der Waals surface area (Å²) in [5.41, 5.74) is 2.35. The Morgan fingerprint density at radius 2 is 2.41 bits per heavy atom. The normalized spacial score (nSPS) is 13.5. The molecule has 2 aromatic heterocycles. The first-order valence-electron chi connectivity index (χ1n) is 6.14. The molecule has 0 spiro atoms. The van der Waals surface area contributed by atoms with Gasteiger partial charge in [-0.1, -0.05) is 6.92 Å². The highest BCUT2D eigenvalue weighted by Crippen LogP contribution is 2.36. The second-order valence-electron chi connectivity index (χ2n) is 4.31. The summed E-state index contributed by atoms with van der Waals surface area (Å²) in [6, 6.07) is 2.04. The van der Waals surface area contributed by atoms with Gasteiger partial charge in [0.1, 0.15) is 10.8 Å². The van der Waals surface area contributed by atoms with Crippen LogP contribution in [0.1, 0.15) is 29.0 Å². The number of aryl methyl sites for hydroxylation is 2. The van der Waals surface area contributed by atoms with Crippen molar-refractivity contribution in [1.82, 2.24) is 10.3 Å². The molecule has 17 heavy (non-hydrogen) atoms. The number of aromatic nitrogens is 1. The molecule has 0 aliphatic heterocycles. The maximum atomic E-state index is 5.47. The van der Waals surface area contributed by atoms with Crippen LogP contribution in [0.4, 0.5) is 0 Å². The van der Waals surface area contributed by atoms with Gasteiger partial charge in [0.05, 0.1) is 12.0 Å². The predicted octanol–water partition coefficient (Wildman–Crippen LogP) is 3.00. The van der Waals surface area contributed by atoms with Gasteiger partial charge in [-0.05, 0) is 25.5 Å². The van der Waals surface area contributed by atoms with Crippen LogP contribution < -0.4 is 5.32 Å². The van der Waals surface area contributed by atoms with Crippen molar-refractivity contribution in [3.63, 3.8) is 0 Å². The molecule has 0 aromatic carbocycles. The van der Waals surface area contributed by atoms with Gasteiger partial charge in [-0.2, -0.15) is 0 Å². The third-order valence-corrected chi connectivity index (χ3v) is 4.14. The Bertz CT molecular complexity index is 515. The van der Waals surface area contributed by atoms with Crippen LogP contribution in [0.15, 0.2) is 16.7 Å².